The minimum Gasteiger partial charge on any atom is -0.385 e. The van der Waals surface area contributed by atoms with Gasteiger partial charge in [0.1, 0.15) is 0 Å². The first-order valence-electron chi connectivity index (χ1n) is 7.16. The first kappa shape index (κ1) is 16.3. The monoisotopic (exact) mass is 302 g/mol. The summed E-state index contributed by atoms with van der Waals surface area (Å²) in [5.41, 5.74) is -0.748. The van der Waals surface area contributed by atoms with Crippen LogP contribution in [0, 0.1) is 12.8 Å². The van der Waals surface area contributed by atoms with E-state index in [2.05, 4.69) is 0 Å². The number of aryl methyl sites for hydroxylation is 1. The highest BCUT2D eigenvalue weighted by Crippen LogP contribution is 2.40. The van der Waals surface area contributed by atoms with Gasteiger partial charge in [0.05, 0.1) is 23.9 Å². The quantitative estimate of drug-likeness (QED) is 0.893. The fourth-order valence-corrected chi connectivity index (χ4v) is 2.91. The van der Waals surface area contributed by atoms with Gasteiger partial charge in [0.25, 0.3) is 0 Å². The second-order valence-electron chi connectivity index (χ2n) is 6.17. The van der Waals surface area contributed by atoms with E-state index in [0.717, 1.165) is 12.1 Å². The van der Waals surface area contributed by atoms with Crippen molar-refractivity contribution in [2.75, 3.05) is 6.61 Å². The second kappa shape index (κ2) is 5.61. The summed E-state index contributed by atoms with van der Waals surface area (Å²) in [5, 5.41) is 10.9. The molecule has 1 saturated heterocycles. The first-order valence-corrected chi connectivity index (χ1v) is 7.16. The molecule has 1 aromatic carbocycles. The van der Waals surface area contributed by atoms with Crippen molar-refractivity contribution in [1.29, 1.82) is 0 Å². The molecule has 1 aromatic rings. The van der Waals surface area contributed by atoms with Crippen molar-refractivity contribution in [2.24, 2.45) is 5.92 Å². The molecule has 2 rings (SSSR count). The van der Waals surface area contributed by atoms with Crippen molar-refractivity contribution < 1.29 is 23.0 Å². The molecule has 0 aliphatic carbocycles. The standard InChI is InChI=1S/C16H21F3O2/c1-10(2)14-9-15(20,6-7-21-14)13-5-4-12(8-11(13)3)16(17,18)19/h4-5,8,10,14,20H,6-7,9H2,1-3H3. The zero-order valence-corrected chi connectivity index (χ0v) is 12.5. The number of ether oxygens (including phenoxy) is 1. The number of halogens is 3. The molecule has 0 amide bonds. The largest absolute Gasteiger partial charge is 0.416 e. The van der Waals surface area contributed by atoms with E-state index in [1.165, 1.54) is 6.07 Å². The predicted octanol–water partition coefficient (Wildman–Crippen LogP) is 4.04. The Bertz CT molecular complexity index is 511. The van der Waals surface area contributed by atoms with Gasteiger partial charge in [-0.25, -0.2) is 0 Å². The maximum Gasteiger partial charge on any atom is 0.416 e. The lowest BCUT2D eigenvalue weighted by Crippen LogP contribution is -2.41. The van der Waals surface area contributed by atoms with Crippen LogP contribution in [0.4, 0.5) is 13.2 Å². The van der Waals surface area contributed by atoms with Gasteiger partial charge < -0.3 is 9.84 Å². The van der Waals surface area contributed by atoms with Crippen LogP contribution in [0.3, 0.4) is 0 Å². The molecule has 2 atom stereocenters. The van der Waals surface area contributed by atoms with Gasteiger partial charge in [-0.15, -0.1) is 0 Å². The van der Waals surface area contributed by atoms with Crippen LogP contribution in [0.5, 0.6) is 0 Å². The highest BCUT2D eigenvalue weighted by molar-refractivity contribution is 5.36. The van der Waals surface area contributed by atoms with E-state index in [-0.39, 0.29) is 12.0 Å². The van der Waals surface area contributed by atoms with Crippen molar-refractivity contribution in [3.8, 4) is 0 Å². The maximum absolute atomic E-state index is 12.7. The molecule has 118 valence electrons. The van der Waals surface area contributed by atoms with Crippen molar-refractivity contribution in [1.82, 2.24) is 0 Å². The van der Waals surface area contributed by atoms with Crippen LogP contribution in [-0.4, -0.2) is 17.8 Å². The number of rotatable bonds is 2. The fraction of sp³-hybridized carbons (Fsp3) is 0.625. The number of hydrogen-bond acceptors (Lipinski definition) is 2. The SMILES string of the molecule is Cc1cc(C(F)(F)F)ccc1C1(O)CCOC(C(C)C)C1. The van der Waals surface area contributed by atoms with Gasteiger partial charge in [-0.2, -0.15) is 13.2 Å². The van der Waals surface area contributed by atoms with Crippen molar-refractivity contribution in [3.05, 3.63) is 34.9 Å². The predicted molar refractivity (Wildman–Crippen MR) is 73.9 cm³/mol. The van der Waals surface area contributed by atoms with Gasteiger partial charge in [0, 0.05) is 12.8 Å². The molecule has 2 nitrogen and oxygen atoms in total. The molecule has 1 N–H and O–H groups in total. The minimum atomic E-state index is -4.36. The highest BCUT2D eigenvalue weighted by Gasteiger charge is 2.39. The Kier molecular flexibility index (Phi) is 4.36. The van der Waals surface area contributed by atoms with Crippen LogP contribution >= 0.6 is 0 Å². The molecule has 21 heavy (non-hydrogen) atoms. The lowest BCUT2D eigenvalue weighted by Gasteiger charge is -2.39. The van der Waals surface area contributed by atoms with Crippen LogP contribution in [0.1, 0.15) is 43.4 Å². The van der Waals surface area contributed by atoms with Crippen LogP contribution < -0.4 is 0 Å². The average molecular weight is 302 g/mol. The Labute approximate surface area is 122 Å². The first-order chi connectivity index (χ1) is 9.63. The lowest BCUT2D eigenvalue weighted by molar-refractivity contribution is -0.138. The summed E-state index contributed by atoms with van der Waals surface area (Å²) in [4.78, 5) is 0. The summed E-state index contributed by atoms with van der Waals surface area (Å²) in [7, 11) is 0. The molecular formula is C16H21F3O2. The van der Waals surface area contributed by atoms with Gasteiger partial charge in [-0.1, -0.05) is 19.9 Å². The van der Waals surface area contributed by atoms with E-state index in [4.69, 9.17) is 4.74 Å². The Morgan fingerprint density at radius 3 is 2.52 bits per heavy atom. The molecule has 2 unspecified atom stereocenters. The second-order valence-corrected chi connectivity index (χ2v) is 6.17. The molecule has 0 saturated carbocycles. The summed E-state index contributed by atoms with van der Waals surface area (Å²) in [6.07, 6.45) is -3.62. The number of hydrogen-bond donors (Lipinski definition) is 1. The van der Waals surface area contributed by atoms with Crippen molar-refractivity contribution >= 4 is 0 Å². The number of aliphatic hydroxyl groups is 1. The lowest BCUT2D eigenvalue weighted by atomic mass is 9.79. The Balaban J connectivity index is 2.32. The van der Waals surface area contributed by atoms with Crippen LogP contribution in [0.25, 0.3) is 0 Å². The van der Waals surface area contributed by atoms with Gasteiger partial charge in [0.2, 0.25) is 0 Å². The molecule has 1 aliphatic rings. The summed E-state index contributed by atoms with van der Waals surface area (Å²) in [6.45, 7) is 6.05. The number of alkyl halides is 3. The van der Waals surface area contributed by atoms with Gasteiger partial charge in [0.15, 0.2) is 0 Å². The third-order valence-electron chi connectivity index (χ3n) is 4.19. The van der Waals surface area contributed by atoms with E-state index in [1.54, 1.807) is 6.92 Å². The zero-order valence-electron chi connectivity index (χ0n) is 12.5. The van der Waals surface area contributed by atoms with Gasteiger partial charge >= 0.3 is 6.18 Å². The minimum absolute atomic E-state index is 0.0783. The molecule has 1 heterocycles. The molecule has 5 heteroatoms. The molecule has 0 bridgehead atoms. The summed E-state index contributed by atoms with van der Waals surface area (Å²) in [5.74, 6) is 0.256. The van der Waals surface area contributed by atoms with E-state index >= 15 is 0 Å². The Morgan fingerprint density at radius 2 is 2.00 bits per heavy atom. The normalized spacial score (nSPS) is 27.1. The van der Waals surface area contributed by atoms with Crippen LogP contribution in [0.2, 0.25) is 0 Å². The maximum atomic E-state index is 12.7. The summed E-state index contributed by atoms with van der Waals surface area (Å²) >= 11 is 0. The number of benzene rings is 1. The van der Waals surface area contributed by atoms with Crippen molar-refractivity contribution in [2.45, 2.75) is 51.5 Å². The third kappa shape index (κ3) is 3.40. The topological polar surface area (TPSA) is 29.5 Å². The zero-order chi connectivity index (χ0) is 15.8. The molecular weight excluding hydrogens is 281 g/mol. The third-order valence-corrected chi connectivity index (χ3v) is 4.19. The average Bonchev–Trinajstić information content (AvgIpc) is 2.37. The Morgan fingerprint density at radius 1 is 1.33 bits per heavy atom. The molecule has 0 radical (unpaired) electrons. The van der Waals surface area contributed by atoms with E-state index in [9.17, 15) is 18.3 Å². The van der Waals surface area contributed by atoms with Gasteiger partial charge in [-0.3, -0.25) is 0 Å². The van der Waals surface area contributed by atoms with E-state index in [0.29, 0.717) is 30.6 Å². The van der Waals surface area contributed by atoms with Crippen LogP contribution in [0.15, 0.2) is 18.2 Å². The Hall–Kier alpha value is -1.07. The molecule has 1 aliphatic heterocycles. The molecule has 1 fully saturated rings. The van der Waals surface area contributed by atoms with E-state index in [1.807, 2.05) is 13.8 Å². The molecule has 0 aromatic heterocycles. The van der Waals surface area contributed by atoms with Gasteiger partial charge in [-0.05, 0) is 36.1 Å². The smallest absolute Gasteiger partial charge is 0.385 e. The molecule has 0 spiro atoms. The van der Waals surface area contributed by atoms with Crippen LogP contribution in [-0.2, 0) is 16.5 Å². The fourth-order valence-electron chi connectivity index (χ4n) is 2.91. The summed E-state index contributed by atoms with van der Waals surface area (Å²) < 4.78 is 43.8. The summed E-state index contributed by atoms with van der Waals surface area (Å²) in [6, 6.07) is 3.55. The van der Waals surface area contributed by atoms with Crippen molar-refractivity contribution in [3.63, 3.8) is 0 Å². The highest BCUT2D eigenvalue weighted by atomic mass is 19.4. The van der Waals surface area contributed by atoms with E-state index < -0.39 is 17.3 Å².